The van der Waals surface area contributed by atoms with Crippen molar-refractivity contribution in [1.29, 1.82) is 0 Å². The fraction of sp³-hybridized carbons (Fsp3) is 0.0769. The average molecular weight is 349 g/mol. The van der Waals surface area contributed by atoms with Crippen molar-refractivity contribution in [3.8, 4) is 0 Å². The van der Waals surface area contributed by atoms with Gasteiger partial charge in [0.25, 0.3) is 0 Å². The molecule has 1 nitrogen and oxygen atoms in total. The van der Waals surface area contributed by atoms with Crippen LogP contribution in [0.1, 0.15) is 27.8 Å². The minimum absolute atomic E-state index is 0.399. The summed E-state index contributed by atoms with van der Waals surface area (Å²) in [4.78, 5) is 0. The van der Waals surface area contributed by atoms with Gasteiger partial charge >= 0.3 is 0 Å². The highest BCUT2D eigenvalue weighted by molar-refractivity contribution is 5.61. The molecule has 0 aliphatic heterocycles. The fourth-order valence-corrected chi connectivity index (χ4v) is 3.91. The molecule has 0 spiro atoms. The van der Waals surface area contributed by atoms with Crippen molar-refractivity contribution in [2.45, 2.75) is 12.3 Å². The Hall–Kier alpha value is -3.32. The maximum Gasteiger partial charge on any atom is 0.0701 e. The first-order valence-corrected chi connectivity index (χ1v) is 9.25. The smallest absolute Gasteiger partial charge is 0.0701 e. The van der Waals surface area contributed by atoms with E-state index in [2.05, 4.69) is 104 Å². The molecule has 0 atom stereocenters. The molecule has 0 heterocycles. The van der Waals surface area contributed by atoms with E-state index >= 15 is 0 Å². The second kappa shape index (κ2) is 7.13. The van der Waals surface area contributed by atoms with Crippen LogP contribution in [-0.4, -0.2) is 0 Å². The van der Waals surface area contributed by atoms with Crippen LogP contribution in [0.5, 0.6) is 0 Å². The summed E-state index contributed by atoms with van der Waals surface area (Å²) in [7, 11) is 0. The van der Waals surface area contributed by atoms with Crippen LogP contribution in [0.25, 0.3) is 0 Å². The molecule has 0 amide bonds. The zero-order valence-corrected chi connectivity index (χ0v) is 15.5. The standard InChI is InChI=1S/C26H23N/c1-20-12-14-23(15-13-20)26(21-8-4-2-5-9-21,22-10-6-3-7-11-22)24-16-18-25(27)19-17-24/h2-19H,27H2,1H3. The number of hydrogen-bond donors (Lipinski definition) is 1. The van der Waals surface area contributed by atoms with E-state index in [1.54, 1.807) is 0 Å². The highest BCUT2D eigenvalue weighted by atomic mass is 14.5. The van der Waals surface area contributed by atoms with Crippen LogP contribution in [0.2, 0.25) is 0 Å². The predicted molar refractivity (Wildman–Crippen MR) is 114 cm³/mol. The summed E-state index contributed by atoms with van der Waals surface area (Å²) in [5.41, 5.74) is 12.6. The van der Waals surface area contributed by atoms with Crippen LogP contribution in [0.3, 0.4) is 0 Å². The Balaban J connectivity index is 2.11. The van der Waals surface area contributed by atoms with Crippen molar-refractivity contribution in [3.63, 3.8) is 0 Å². The number of hydrogen-bond acceptors (Lipinski definition) is 1. The molecule has 0 aliphatic rings. The van der Waals surface area contributed by atoms with Crippen molar-refractivity contribution < 1.29 is 0 Å². The van der Waals surface area contributed by atoms with Gasteiger partial charge in [0.05, 0.1) is 5.41 Å². The molecule has 0 fully saturated rings. The van der Waals surface area contributed by atoms with Gasteiger partial charge in [-0.25, -0.2) is 0 Å². The molecule has 0 unspecified atom stereocenters. The van der Waals surface area contributed by atoms with E-state index in [0.717, 1.165) is 5.69 Å². The molecule has 0 radical (unpaired) electrons. The van der Waals surface area contributed by atoms with E-state index in [4.69, 9.17) is 5.73 Å². The topological polar surface area (TPSA) is 26.0 Å². The summed E-state index contributed by atoms with van der Waals surface area (Å²) in [6, 6.07) is 38.6. The molecule has 0 bridgehead atoms. The zero-order valence-electron chi connectivity index (χ0n) is 15.5. The Morgan fingerprint density at radius 3 is 1.30 bits per heavy atom. The molecule has 4 aromatic carbocycles. The molecule has 4 rings (SSSR count). The van der Waals surface area contributed by atoms with Crippen LogP contribution < -0.4 is 5.73 Å². The number of nitrogens with two attached hydrogens (primary N) is 1. The molecule has 27 heavy (non-hydrogen) atoms. The Bertz CT molecular complexity index is 914. The van der Waals surface area contributed by atoms with E-state index in [-0.39, 0.29) is 0 Å². The third-order valence-corrected chi connectivity index (χ3v) is 5.24. The molecule has 2 N–H and O–H groups in total. The summed E-state index contributed by atoms with van der Waals surface area (Å²) >= 11 is 0. The summed E-state index contributed by atoms with van der Waals surface area (Å²) < 4.78 is 0. The van der Waals surface area contributed by atoms with Gasteiger partial charge in [-0.2, -0.15) is 0 Å². The highest BCUT2D eigenvalue weighted by Gasteiger charge is 2.38. The highest BCUT2D eigenvalue weighted by Crippen LogP contribution is 2.45. The second-order valence-electron chi connectivity index (χ2n) is 6.97. The molecule has 4 aromatic rings. The number of benzene rings is 4. The maximum absolute atomic E-state index is 6.01. The largest absolute Gasteiger partial charge is 0.399 e. The van der Waals surface area contributed by atoms with Gasteiger partial charge in [-0.05, 0) is 41.3 Å². The monoisotopic (exact) mass is 349 g/mol. The van der Waals surface area contributed by atoms with E-state index in [9.17, 15) is 0 Å². The first kappa shape index (κ1) is 17.1. The fourth-order valence-electron chi connectivity index (χ4n) is 3.91. The Morgan fingerprint density at radius 1 is 0.481 bits per heavy atom. The number of aryl methyl sites for hydroxylation is 1. The molecule has 0 saturated carbocycles. The number of anilines is 1. The first-order valence-electron chi connectivity index (χ1n) is 9.25. The molecule has 0 aromatic heterocycles. The lowest BCUT2D eigenvalue weighted by atomic mass is 9.65. The summed E-state index contributed by atoms with van der Waals surface area (Å²) in [5.74, 6) is 0. The van der Waals surface area contributed by atoms with Gasteiger partial charge in [0.1, 0.15) is 0 Å². The lowest BCUT2D eigenvalue weighted by Gasteiger charge is -2.37. The van der Waals surface area contributed by atoms with Gasteiger partial charge in [0.2, 0.25) is 0 Å². The minimum Gasteiger partial charge on any atom is -0.399 e. The zero-order chi connectivity index (χ0) is 18.7. The second-order valence-corrected chi connectivity index (χ2v) is 6.97. The quantitative estimate of drug-likeness (QED) is 0.357. The average Bonchev–Trinajstić information content (AvgIpc) is 2.73. The Kier molecular flexibility index (Phi) is 4.52. The third kappa shape index (κ3) is 3.02. The maximum atomic E-state index is 6.01. The van der Waals surface area contributed by atoms with Crippen LogP contribution in [0.15, 0.2) is 109 Å². The van der Waals surface area contributed by atoms with Crippen LogP contribution in [0, 0.1) is 6.92 Å². The number of nitrogen functional groups attached to an aromatic ring is 1. The van der Waals surface area contributed by atoms with Crippen molar-refractivity contribution >= 4 is 5.69 Å². The number of rotatable bonds is 4. The van der Waals surface area contributed by atoms with Crippen LogP contribution in [0.4, 0.5) is 5.69 Å². The lowest BCUT2D eigenvalue weighted by Crippen LogP contribution is -2.31. The Labute approximate surface area is 161 Å². The SMILES string of the molecule is Cc1ccc(C(c2ccccc2)(c2ccccc2)c2ccc(N)cc2)cc1. The molecule has 0 saturated heterocycles. The normalized spacial score (nSPS) is 11.3. The van der Waals surface area contributed by atoms with Crippen molar-refractivity contribution in [3.05, 3.63) is 137 Å². The van der Waals surface area contributed by atoms with Crippen LogP contribution >= 0.6 is 0 Å². The van der Waals surface area contributed by atoms with Gasteiger partial charge in [0, 0.05) is 5.69 Å². The minimum atomic E-state index is -0.399. The third-order valence-electron chi connectivity index (χ3n) is 5.24. The van der Waals surface area contributed by atoms with E-state index in [1.165, 1.54) is 27.8 Å². The first-order chi connectivity index (χ1) is 13.2. The molecule has 0 aliphatic carbocycles. The van der Waals surface area contributed by atoms with Crippen molar-refractivity contribution in [2.24, 2.45) is 0 Å². The van der Waals surface area contributed by atoms with Crippen LogP contribution in [-0.2, 0) is 5.41 Å². The van der Waals surface area contributed by atoms with Gasteiger partial charge in [-0.3, -0.25) is 0 Å². The Morgan fingerprint density at radius 2 is 0.852 bits per heavy atom. The molecular formula is C26H23N. The van der Waals surface area contributed by atoms with Crippen molar-refractivity contribution in [2.75, 3.05) is 5.73 Å². The lowest BCUT2D eigenvalue weighted by molar-refractivity contribution is 0.745. The van der Waals surface area contributed by atoms with E-state index < -0.39 is 5.41 Å². The summed E-state index contributed by atoms with van der Waals surface area (Å²) in [6.07, 6.45) is 0. The van der Waals surface area contributed by atoms with E-state index in [0.29, 0.717) is 0 Å². The van der Waals surface area contributed by atoms with Gasteiger partial charge < -0.3 is 5.73 Å². The van der Waals surface area contributed by atoms with Gasteiger partial charge in [0.15, 0.2) is 0 Å². The summed E-state index contributed by atoms with van der Waals surface area (Å²) in [5, 5.41) is 0. The predicted octanol–water partition coefficient (Wildman–Crippen LogP) is 5.96. The molecule has 1 heteroatoms. The van der Waals surface area contributed by atoms with Crippen molar-refractivity contribution in [1.82, 2.24) is 0 Å². The van der Waals surface area contributed by atoms with E-state index in [1.807, 2.05) is 12.1 Å². The molecular weight excluding hydrogens is 326 g/mol. The van der Waals surface area contributed by atoms with Gasteiger partial charge in [-0.15, -0.1) is 0 Å². The van der Waals surface area contributed by atoms with Gasteiger partial charge in [-0.1, -0.05) is 103 Å². The molecule has 132 valence electrons. The summed E-state index contributed by atoms with van der Waals surface area (Å²) in [6.45, 7) is 2.12.